The van der Waals surface area contributed by atoms with Gasteiger partial charge < -0.3 is 10.2 Å². The summed E-state index contributed by atoms with van der Waals surface area (Å²) >= 11 is 1.48. The minimum absolute atomic E-state index is 0.116. The summed E-state index contributed by atoms with van der Waals surface area (Å²) in [6, 6.07) is 8.46. The summed E-state index contributed by atoms with van der Waals surface area (Å²) in [5.74, 6) is 0.788. The number of aromatic nitrogens is 1. The highest BCUT2D eigenvalue weighted by Crippen LogP contribution is 2.28. The first-order valence-corrected chi connectivity index (χ1v) is 8.42. The highest BCUT2D eigenvalue weighted by atomic mass is 32.1. The molecule has 0 radical (unpaired) electrons. The molecule has 1 aromatic heterocycles. The normalized spacial score (nSPS) is 27.9. The Morgan fingerprint density at radius 3 is 2.90 bits per heavy atom. The number of fused-ring (bicyclic) bond motifs is 4. The van der Waals surface area contributed by atoms with Gasteiger partial charge in [0.15, 0.2) is 0 Å². The van der Waals surface area contributed by atoms with Crippen molar-refractivity contribution < 1.29 is 4.79 Å². The zero-order chi connectivity index (χ0) is 14.2. The van der Waals surface area contributed by atoms with E-state index in [2.05, 4.69) is 26.7 Å². The molecule has 110 valence electrons. The van der Waals surface area contributed by atoms with Crippen molar-refractivity contribution in [1.82, 2.24) is 14.6 Å². The lowest BCUT2D eigenvalue weighted by atomic mass is 9.84. The fourth-order valence-electron chi connectivity index (χ4n) is 3.60. The van der Waals surface area contributed by atoms with Gasteiger partial charge in [-0.3, -0.25) is 4.79 Å². The van der Waals surface area contributed by atoms with Gasteiger partial charge in [0.1, 0.15) is 0 Å². The molecule has 3 fully saturated rings. The van der Waals surface area contributed by atoms with Crippen LogP contribution in [0.3, 0.4) is 0 Å². The highest BCUT2D eigenvalue weighted by molar-refractivity contribution is 7.13. The topological polar surface area (TPSA) is 45.2 Å². The largest absolute Gasteiger partial charge is 0.351 e. The van der Waals surface area contributed by atoms with Crippen molar-refractivity contribution in [2.75, 3.05) is 19.6 Å². The van der Waals surface area contributed by atoms with Crippen LogP contribution in [0, 0.1) is 5.92 Å². The minimum Gasteiger partial charge on any atom is -0.351 e. The van der Waals surface area contributed by atoms with Crippen LogP contribution in [0.1, 0.15) is 18.5 Å². The molecule has 0 unspecified atom stereocenters. The maximum Gasteiger partial charge on any atom is 0.226 e. The third kappa shape index (κ3) is 2.56. The van der Waals surface area contributed by atoms with Crippen molar-refractivity contribution in [2.45, 2.75) is 25.3 Å². The van der Waals surface area contributed by atoms with Crippen molar-refractivity contribution in [2.24, 2.45) is 5.92 Å². The smallest absolute Gasteiger partial charge is 0.226 e. The second-order valence-electron chi connectivity index (χ2n) is 6.11. The van der Waals surface area contributed by atoms with Crippen LogP contribution < -0.4 is 5.32 Å². The lowest BCUT2D eigenvalue weighted by Crippen LogP contribution is -2.57. The lowest BCUT2D eigenvalue weighted by molar-refractivity contribution is -0.122. The molecular weight excluding hydrogens is 282 g/mol. The number of carbonyl (C=O) groups excluding carboxylic acids is 1. The summed E-state index contributed by atoms with van der Waals surface area (Å²) in [5.41, 5.74) is 0.911. The summed E-state index contributed by atoms with van der Waals surface area (Å²) in [5, 5.41) is 4.35. The van der Waals surface area contributed by atoms with Gasteiger partial charge in [-0.15, -0.1) is 0 Å². The van der Waals surface area contributed by atoms with Crippen LogP contribution in [0.15, 0.2) is 24.3 Å². The van der Waals surface area contributed by atoms with E-state index in [4.69, 9.17) is 0 Å². The van der Waals surface area contributed by atoms with Crippen LogP contribution >= 0.6 is 11.5 Å². The maximum absolute atomic E-state index is 12.3. The predicted octanol–water partition coefficient (Wildman–Crippen LogP) is 2.05. The number of amides is 1. The van der Waals surface area contributed by atoms with E-state index in [9.17, 15) is 4.79 Å². The van der Waals surface area contributed by atoms with Crippen molar-refractivity contribution in [3.8, 4) is 0 Å². The predicted molar refractivity (Wildman–Crippen MR) is 84.4 cm³/mol. The molecule has 0 aliphatic carbocycles. The van der Waals surface area contributed by atoms with Gasteiger partial charge in [-0.2, -0.15) is 4.37 Å². The fraction of sp³-hybridized carbons (Fsp3) is 0.500. The van der Waals surface area contributed by atoms with E-state index < -0.39 is 0 Å². The van der Waals surface area contributed by atoms with Gasteiger partial charge in [-0.05, 0) is 49.4 Å². The van der Waals surface area contributed by atoms with E-state index in [-0.39, 0.29) is 5.91 Å². The molecule has 1 N–H and O–H groups in total. The van der Waals surface area contributed by atoms with Crippen LogP contribution in [-0.4, -0.2) is 40.9 Å². The molecule has 3 aliphatic rings. The number of carbonyl (C=O) groups is 1. The quantitative estimate of drug-likeness (QED) is 0.944. The Balaban J connectivity index is 1.44. The van der Waals surface area contributed by atoms with E-state index in [1.807, 2.05) is 12.1 Å². The number of nitrogens with zero attached hydrogens (tertiary/aromatic N) is 2. The molecular formula is C16H19N3OS. The van der Waals surface area contributed by atoms with E-state index >= 15 is 0 Å². The monoisotopic (exact) mass is 301 g/mol. The Hall–Kier alpha value is -1.46. The van der Waals surface area contributed by atoms with Gasteiger partial charge >= 0.3 is 0 Å². The summed E-state index contributed by atoms with van der Waals surface area (Å²) in [4.78, 5) is 14.8. The van der Waals surface area contributed by atoms with Crippen molar-refractivity contribution >= 4 is 27.5 Å². The average Bonchev–Trinajstić information content (AvgIpc) is 2.92. The zero-order valence-corrected chi connectivity index (χ0v) is 12.7. The van der Waals surface area contributed by atoms with Crippen LogP contribution in [0.2, 0.25) is 0 Å². The SMILES string of the molecule is O=C(Cc1nsc2ccccc12)N[C@@H]1CN2CCC1CC2. The van der Waals surface area contributed by atoms with Crippen LogP contribution in [0.4, 0.5) is 0 Å². The second kappa shape index (κ2) is 5.39. The summed E-state index contributed by atoms with van der Waals surface area (Å²) < 4.78 is 5.60. The molecule has 0 saturated carbocycles. The molecule has 1 aromatic carbocycles. The van der Waals surface area contributed by atoms with Crippen LogP contribution in [0.25, 0.3) is 10.1 Å². The standard InChI is InChI=1S/C16H19N3OS/c20-16(17-14-10-19-7-5-11(14)6-8-19)9-13-12-3-1-2-4-15(12)21-18-13/h1-4,11,14H,5-10H2,(H,17,20)/t14-/m1/s1. The molecule has 1 amide bonds. The van der Waals surface area contributed by atoms with E-state index in [1.165, 1.54) is 37.5 Å². The number of hydrogen-bond donors (Lipinski definition) is 1. The van der Waals surface area contributed by atoms with E-state index in [0.29, 0.717) is 18.4 Å². The Morgan fingerprint density at radius 1 is 1.33 bits per heavy atom. The molecule has 3 saturated heterocycles. The Morgan fingerprint density at radius 2 is 2.14 bits per heavy atom. The maximum atomic E-state index is 12.3. The Labute approximate surface area is 128 Å². The number of rotatable bonds is 3. The molecule has 3 aliphatic heterocycles. The van der Waals surface area contributed by atoms with Crippen molar-refractivity contribution in [1.29, 1.82) is 0 Å². The van der Waals surface area contributed by atoms with Crippen molar-refractivity contribution in [3.63, 3.8) is 0 Å². The molecule has 4 nitrogen and oxygen atoms in total. The number of nitrogens with one attached hydrogen (secondary N) is 1. The van der Waals surface area contributed by atoms with E-state index in [1.54, 1.807) is 0 Å². The minimum atomic E-state index is 0.116. The first-order valence-electron chi connectivity index (χ1n) is 7.64. The number of hydrogen-bond acceptors (Lipinski definition) is 4. The van der Waals surface area contributed by atoms with Gasteiger partial charge in [-0.25, -0.2) is 0 Å². The Kier molecular flexibility index (Phi) is 3.39. The summed E-state index contributed by atoms with van der Waals surface area (Å²) in [7, 11) is 0. The molecule has 2 bridgehead atoms. The Bertz CT molecular complexity index is 660. The van der Waals surface area contributed by atoms with Gasteiger partial charge in [-0.1, -0.05) is 18.2 Å². The molecule has 4 heterocycles. The van der Waals surface area contributed by atoms with Gasteiger partial charge in [0, 0.05) is 18.0 Å². The van der Waals surface area contributed by atoms with Gasteiger partial charge in [0.05, 0.1) is 16.8 Å². The third-order valence-electron chi connectivity index (χ3n) is 4.78. The molecule has 5 rings (SSSR count). The summed E-state index contributed by atoms with van der Waals surface area (Å²) in [6.07, 6.45) is 2.85. The fourth-order valence-corrected chi connectivity index (χ4v) is 4.40. The molecule has 0 spiro atoms. The van der Waals surface area contributed by atoms with Crippen LogP contribution in [0.5, 0.6) is 0 Å². The van der Waals surface area contributed by atoms with E-state index in [0.717, 1.165) is 22.3 Å². The molecule has 2 aromatic rings. The van der Waals surface area contributed by atoms with Gasteiger partial charge in [0.25, 0.3) is 0 Å². The lowest BCUT2D eigenvalue weighted by Gasteiger charge is -2.44. The second-order valence-corrected chi connectivity index (χ2v) is 6.92. The molecule has 21 heavy (non-hydrogen) atoms. The number of benzene rings is 1. The van der Waals surface area contributed by atoms with Gasteiger partial charge in [0.2, 0.25) is 5.91 Å². The first-order chi connectivity index (χ1) is 10.3. The highest BCUT2D eigenvalue weighted by Gasteiger charge is 2.34. The summed E-state index contributed by atoms with van der Waals surface area (Å²) in [6.45, 7) is 3.43. The first kappa shape index (κ1) is 13.2. The molecule has 1 atom stereocenters. The number of piperidine rings is 3. The van der Waals surface area contributed by atoms with Crippen molar-refractivity contribution in [3.05, 3.63) is 30.0 Å². The zero-order valence-electron chi connectivity index (χ0n) is 11.9. The average molecular weight is 301 g/mol. The van der Waals surface area contributed by atoms with Crippen LogP contribution in [-0.2, 0) is 11.2 Å². The molecule has 5 heteroatoms. The third-order valence-corrected chi connectivity index (χ3v) is 5.65.